The third-order valence-electron chi connectivity index (χ3n) is 7.78. The molecule has 2 fully saturated rings. The SMILES string of the molecule is C=C(N/C(C)=C(\C(=O)Nc1ccc(N2CCOCC2)cc1)C1=C(C)CCC1)C1CCCCC1C(=O)O. The van der Waals surface area contributed by atoms with Gasteiger partial charge in [-0.25, -0.2) is 0 Å². The molecule has 7 nitrogen and oxygen atoms in total. The summed E-state index contributed by atoms with van der Waals surface area (Å²) in [6.45, 7) is 11.4. The maximum Gasteiger partial charge on any atom is 0.307 e. The van der Waals surface area contributed by atoms with Crippen LogP contribution in [0.15, 0.2) is 59.0 Å². The molecule has 1 aliphatic heterocycles. The molecule has 3 aliphatic rings. The first-order valence-electron chi connectivity index (χ1n) is 13.2. The van der Waals surface area contributed by atoms with E-state index in [2.05, 4.69) is 29.0 Å². The van der Waals surface area contributed by atoms with Gasteiger partial charge in [-0.15, -0.1) is 0 Å². The zero-order valence-electron chi connectivity index (χ0n) is 21.6. The van der Waals surface area contributed by atoms with Gasteiger partial charge in [0.1, 0.15) is 0 Å². The Morgan fingerprint density at radius 1 is 1.03 bits per heavy atom. The maximum atomic E-state index is 13.6. The minimum Gasteiger partial charge on any atom is -0.481 e. The first kappa shape index (κ1) is 26.0. The third-order valence-corrected chi connectivity index (χ3v) is 7.78. The quantitative estimate of drug-likeness (QED) is 0.430. The Hall–Kier alpha value is -3.06. The number of hydrogen-bond donors (Lipinski definition) is 3. The molecule has 0 aromatic heterocycles. The van der Waals surface area contributed by atoms with Gasteiger partial charge < -0.3 is 25.4 Å². The number of benzene rings is 1. The molecule has 1 saturated heterocycles. The predicted molar refractivity (Wildman–Crippen MR) is 143 cm³/mol. The Balaban J connectivity index is 1.53. The zero-order valence-corrected chi connectivity index (χ0v) is 21.6. The van der Waals surface area contributed by atoms with E-state index in [9.17, 15) is 14.7 Å². The van der Waals surface area contributed by atoms with Crippen LogP contribution in [0.25, 0.3) is 0 Å². The Morgan fingerprint density at radius 3 is 2.31 bits per heavy atom. The first-order valence-corrected chi connectivity index (χ1v) is 13.2. The standard InChI is InChI=1S/C29H39N3O4/c1-19-7-6-10-24(19)27(21(3)30-20(2)25-8-4-5-9-26(25)29(34)35)28(33)31-22-11-13-23(14-12-22)32-15-17-36-18-16-32/h11-14,25-26,30H,2,4-10,15-18H2,1,3H3,(H,31,33)(H,34,35)/b27-21-. The molecule has 36 heavy (non-hydrogen) atoms. The van der Waals surface area contributed by atoms with Crippen molar-refractivity contribution in [2.45, 2.75) is 58.8 Å². The van der Waals surface area contributed by atoms with Crippen molar-refractivity contribution in [1.29, 1.82) is 0 Å². The molecular formula is C29H39N3O4. The predicted octanol–water partition coefficient (Wildman–Crippen LogP) is 5.23. The van der Waals surface area contributed by atoms with Gasteiger partial charge in [0, 0.05) is 41.8 Å². The number of allylic oxidation sites excluding steroid dienone is 3. The zero-order chi connectivity index (χ0) is 25.7. The molecule has 0 radical (unpaired) electrons. The molecule has 1 amide bonds. The number of carboxylic acid groups (broad SMARTS) is 1. The Bertz CT molecular complexity index is 1050. The van der Waals surface area contributed by atoms with Crippen molar-refractivity contribution in [3.8, 4) is 0 Å². The van der Waals surface area contributed by atoms with Gasteiger partial charge in [-0.3, -0.25) is 9.59 Å². The number of amides is 1. The normalized spacial score (nSPS) is 23.2. The van der Waals surface area contributed by atoms with Crippen molar-refractivity contribution in [2.75, 3.05) is 36.5 Å². The second kappa shape index (κ2) is 11.8. The summed E-state index contributed by atoms with van der Waals surface area (Å²) in [5, 5.41) is 16.2. The summed E-state index contributed by atoms with van der Waals surface area (Å²) in [6, 6.07) is 7.95. The molecule has 0 spiro atoms. The Labute approximate surface area is 214 Å². The molecule has 2 unspecified atom stereocenters. The number of carbonyl (C=O) groups excluding carboxylic acids is 1. The van der Waals surface area contributed by atoms with Crippen molar-refractivity contribution in [3.05, 3.63) is 59.0 Å². The Kier molecular flexibility index (Phi) is 8.52. The first-order chi connectivity index (χ1) is 17.3. The summed E-state index contributed by atoms with van der Waals surface area (Å²) in [6.07, 6.45) is 6.27. The number of aliphatic carboxylic acids is 1. The number of morpholine rings is 1. The van der Waals surface area contributed by atoms with Gasteiger partial charge in [0.15, 0.2) is 0 Å². The van der Waals surface area contributed by atoms with Gasteiger partial charge in [-0.05, 0) is 75.8 Å². The van der Waals surface area contributed by atoms with Crippen LogP contribution in [-0.2, 0) is 14.3 Å². The van der Waals surface area contributed by atoms with Gasteiger partial charge in [-0.1, -0.05) is 25.0 Å². The molecule has 2 aliphatic carbocycles. The molecule has 194 valence electrons. The number of nitrogens with zero attached hydrogens (tertiary/aromatic N) is 1. The lowest BCUT2D eigenvalue weighted by molar-refractivity contribution is -0.144. The van der Waals surface area contributed by atoms with Gasteiger partial charge in [0.05, 0.1) is 24.7 Å². The van der Waals surface area contributed by atoms with Crippen LogP contribution in [0.3, 0.4) is 0 Å². The van der Waals surface area contributed by atoms with E-state index in [-0.39, 0.29) is 11.8 Å². The molecule has 1 aromatic rings. The molecule has 0 bridgehead atoms. The summed E-state index contributed by atoms with van der Waals surface area (Å²) in [5.74, 6) is -1.48. The monoisotopic (exact) mass is 493 g/mol. The third kappa shape index (κ3) is 6.01. The molecular weight excluding hydrogens is 454 g/mol. The number of rotatable bonds is 8. The van der Waals surface area contributed by atoms with E-state index in [0.29, 0.717) is 17.7 Å². The van der Waals surface area contributed by atoms with E-state index in [1.807, 2.05) is 31.2 Å². The second-order valence-electron chi connectivity index (χ2n) is 10.2. The van der Waals surface area contributed by atoms with E-state index in [1.165, 1.54) is 5.57 Å². The highest BCUT2D eigenvalue weighted by Crippen LogP contribution is 2.36. The van der Waals surface area contributed by atoms with Crippen LogP contribution in [-0.4, -0.2) is 43.3 Å². The summed E-state index contributed by atoms with van der Waals surface area (Å²) in [5.41, 5.74) is 6.24. The van der Waals surface area contributed by atoms with Gasteiger partial charge in [-0.2, -0.15) is 0 Å². The number of carbonyl (C=O) groups is 2. The van der Waals surface area contributed by atoms with Crippen LogP contribution in [0.5, 0.6) is 0 Å². The summed E-state index contributed by atoms with van der Waals surface area (Å²) in [4.78, 5) is 27.7. The average molecular weight is 494 g/mol. The topological polar surface area (TPSA) is 90.9 Å². The van der Waals surface area contributed by atoms with Gasteiger partial charge >= 0.3 is 5.97 Å². The van der Waals surface area contributed by atoms with Crippen LogP contribution in [0.1, 0.15) is 58.8 Å². The second-order valence-corrected chi connectivity index (χ2v) is 10.2. The number of carboxylic acids is 1. The fraction of sp³-hybridized carbons (Fsp3) is 0.517. The largest absolute Gasteiger partial charge is 0.481 e. The van der Waals surface area contributed by atoms with Crippen molar-refractivity contribution >= 4 is 23.3 Å². The number of anilines is 2. The van der Waals surface area contributed by atoms with E-state index < -0.39 is 11.9 Å². The fourth-order valence-corrected chi connectivity index (χ4v) is 5.78. The van der Waals surface area contributed by atoms with E-state index in [0.717, 1.165) is 87.5 Å². The number of nitrogens with one attached hydrogen (secondary N) is 2. The molecule has 7 heteroatoms. The summed E-state index contributed by atoms with van der Waals surface area (Å²) >= 11 is 0. The lowest BCUT2D eigenvalue weighted by atomic mass is 9.77. The van der Waals surface area contributed by atoms with E-state index in [1.54, 1.807) is 0 Å². The fourth-order valence-electron chi connectivity index (χ4n) is 5.78. The molecule has 1 saturated carbocycles. The van der Waals surface area contributed by atoms with E-state index in [4.69, 9.17) is 4.74 Å². The minimum atomic E-state index is -0.767. The minimum absolute atomic E-state index is 0.137. The summed E-state index contributed by atoms with van der Waals surface area (Å²) < 4.78 is 5.44. The van der Waals surface area contributed by atoms with Crippen molar-refractivity contribution in [3.63, 3.8) is 0 Å². The van der Waals surface area contributed by atoms with Crippen LogP contribution in [0, 0.1) is 11.8 Å². The number of hydrogen-bond acceptors (Lipinski definition) is 5. The highest BCUT2D eigenvalue weighted by atomic mass is 16.5. The van der Waals surface area contributed by atoms with Crippen molar-refractivity contribution in [2.24, 2.45) is 11.8 Å². The van der Waals surface area contributed by atoms with Crippen molar-refractivity contribution in [1.82, 2.24) is 5.32 Å². The van der Waals surface area contributed by atoms with Crippen LogP contribution >= 0.6 is 0 Å². The highest BCUT2D eigenvalue weighted by Gasteiger charge is 2.33. The maximum absolute atomic E-state index is 13.6. The molecule has 1 heterocycles. The summed E-state index contributed by atoms with van der Waals surface area (Å²) in [7, 11) is 0. The Morgan fingerprint density at radius 2 is 1.69 bits per heavy atom. The number of ether oxygens (including phenoxy) is 1. The smallest absolute Gasteiger partial charge is 0.307 e. The van der Waals surface area contributed by atoms with E-state index >= 15 is 0 Å². The van der Waals surface area contributed by atoms with Gasteiger partial charge in [0.25, 0.3) is 5.91 Å². The molecule has 1 aromatic carbocycles. The average Bonchev–Trinajstić information content (AvgIpc) is 3.30. The van der Waals surface area contributed by atoms with Crippen LogP contribution in [0.4, 0.5) is 11.4 Å². The molecule has 3 N–H and O–H groups in total. The van der Waals surface area contributed by atoms with Gasteiger partial charge in [0.2, 0.25) is 0 Å². The van der Waals surface area contributed by atoms with Crippen molar-refractivity contribution < 1.29 is 19.4 Å². The molecule has 2 atom stereocenters. The van der Waals surface area contributed by atoms with Crippen LogP contribution < -0.4 is 15.5 Å². The lowest BCUT2D eigenvalue weighted by Crippen LogP contribution is -2.36. The molecule has 4 rings (SSSR count). The van der Waals surface area contributed by atoms with Crippen LogP contribution in [0.2, 0.25) is 0 Å². The highest BCUT2D eigenvalue weighted by molar-refractivity contribution is 6.07. The lowest BCUT2D eigenvalue weighted by Gasteiger charge is -2.31.